The lowest BCUT2D eigenvalue weighted by molar-refractivity contribution is -0.346. The number of rotatable bonds is 19. The molecule has 2 aliphatic heterocycles. The highest BCUT2D eigenvalue weighted by atomic mass is 32.3. The number of hydrogen-bond donors (Lipinski definition) is 7. The van der Waals surface area contributed by atoms with Crippen molar-refractivity contribution in [2.45, 2.75) is 61.4 Å². The summed E-state index contributed by atoms with van der Waals surface area (Å²) in [6.45, 7) is -3.46. The highest BCUT2D eigenvalue weighted by molar-refractivity contribution is 7.82. The van der Waals surface area contributed by atoms with Crippen LogP contribution in [0.15, 0.2) is 0 Å². The van der Waals surface area contributed by atoms with Crippen molar-refractivity contribution in [3.63, 3.8) is 0 Å². The maximum absolute atomic E-state index is 11.8. The monoisotopic (exact) mass is 916 g/mol. The lowest BCUT2D eigenvalue weighted by Gasteiger charge is -2.48. The molecule has 52 heavy (non-hydrogen) atoms. The Bertz CT molecular complexity index is 2020. The van der Waals surface area contributed by atoms with Gasteiger partial charge in [0.15, 0.2) is 24.8 Å². The molecule has 2 aliphatic rings. The molecule has 32 nitrogen and oxygen atoms in total. The summed E-state index contributed by atoms with van der Waals surface area (Å²) in [7, 11) is -40.4. The van der Waals surface area contributed by atoms with E-state index in [0.717, 1.165) is 0 Å². The fraction of sp³-hybridized carbons (Fsp3) is 1.00. The van der Waals surface area contributed by atoms with Crippen LogP contribution in [0.2, 0.25) is 0 Å². The molecule has 0 radical (unpaired) electrons. The molecule has 0 bridgehead atoms. The SMILES string of the molecule is CO[C@H]1O[C@H](COS(=O)(=O)O)[C@@H](OS(=O)(=O)O)[C@H](O[C@H]2O[C@H](COS(=O)(=O)O)[C@@H](OS(=O)(=O)O)[C@H](OS(=O)(=O)O)[C@@H]2OS(=O)(=O)O)[C@@H]1OS(=O)(=O)O. The molecular formula is C13H24O32S7. The average Bonchev–Trinajstić information content (AvgIpc) is 2.87. The zero-order valence-corrected chi connectivity index (χ0v) is 30.1. The van der Waals surface area contributed by atoms with Crippen molar-refractivity contribution in [3.05, 3.63) is 0 Å². The van der Waals surface area contributed by atoms with Gasteiger partial charge in [-0.05, 0) is 0 Å². The van der Waals surface area contributed by atoms with Gasteiger partial charge in [-0.25, -0.2) is 29.3 Å². The minimum Gasteiger partial charge on any atom is -0.353 e. The van der Waals surface area contributed by atoms with Gasteiger partial charge >= 0.3 is 72.8 Å². The van der Waals surface area contributed by atoms with Gasteiger partial charge < -0.3 is 18.9 Å². The molecule has 39 heteroatoms. The molecule has 0 aromatic carbocycles. The van der Waals surface area contributed by atoms with Crippen LogP contribution in [0.4, 0.5) is 0 Å². The molecule has 310 valence electrons. The third kappa shape index (κ3) is 16.7. The minimum absolute atomic E-state index is 0.629. The van der Waals surface area contributed by atoms with Crippen LogP contribution >= 0.6 is 0 Å². The summed E-state index contributed by atoms with van der Waals surface area (Å²) < 4.78 is 276. The lowest BCUT2D eigenvalue weighted by atomic mass is 9.97. The van der Waals surface area contributed by atoms with Gasteiger partial charge in [0.2, 0.25) is 0 Å². The van der Waals surface area contributed by atoms with Crippen LogP contribution in [-0.2, 0) is 121 Å². The third-order valence-electron chi connectivity index (χ3n) is 5.63. The van der Waals surface area contributed by atoms with Gasteiger partial charge in [-0.2, -0.15) is 58.9 Å². The summed E-state index contributed by atoms with van der Waals surface area (Å²) in [5.74, 6) is 0. The predicted molar refractivity (Wildman–Crippen MR) is 146 cm³/mol. The normalized spacial score (nSPS) is 31.7. The Morgan fingerprint density at radius 2 is 0.692 bits per heavy atom. The summed E-state index contributed by atoms with van der Waals surface area (Å²) in [6.07, 6.45) is -29.0. The second-order valence-electron chi connectivity index (χ2n) is 9.29. The van der Waals surface area contributed by atoms with Crippen LogP contribution < -0.4 is 0 Å². The van der Waals surface area contributed by atoms with Crippen LogP contribution in [0.3, 0.4) is 0 Å². The van der Waals surface area contributed by atoms with Crippen molar-refractivity contribution in [3.8, 4) is 0 Å². The Balaban J connectivity index is 2.96. The van der Waals surface area contributed by atoms with Gasteiger partial charge in [0, 0.05) is 7.11 Å². The topological polar surface area (TPSA) is 482 Å². The van der Waals surface area contributed by atoms with Crippen molar-refractivity contribution in [1.29, 1.82) is 0 Å². The Morgan fingerprint density at radius 1 is 0.404 bits per heavy atom. The van der Waals surface area contributed by atoms with Crippen LogP contribution in [-0.4, -0.2) is 173 Å². The fourth-order valence-electron chi connectivity index (χ4n) is 4.19. The van der Waals surface area contributed by atoms with E-state index in [-0.39, 0.29) is 0 Å². The molecule has 2 rings (SSSR count). The number of methoxy groups -OCH3 is 1. The van der Waals surface area contributed by atoms with Crippen molar-refractivity contribution >= 4 is 72.8 Å². The quantitative estimate of drug-likeness (QED) is 0.0593. The van der Waals surface area contributed by atoms with Gasteiger partial charge in [-0.3, -0.25) is 31.9 Å². The predicted octanol–water partition coefficient (Wildman–Crippen LogP) is -5.95. The van der Waals surface area contributed by atoms with E-state index in [9.17, 15) is 81.7 Å². The standard InChI is InChI=1S/C13H24O32S7/c1-35-12-10(44-51(29,30)31)8(6(41-48(20,21)22)4(38-12)2-36-46(14,15)16)40-13-11(45-52(32,33)34)9(43-50(26,27)28)7(42-49(23,24)25)5(39-13)3-37-47(17,18)19/h4-13H,2-3H2,1H3,(H,14,15,16)(H,17,18,19)(H,20,21,22)(H,23,24,25)(H,26,27,28)(H,29,30,31)(H,32,33,34)/t4-,5-,6-,7-,8+,9+,10+,11+,12+,13-/m1/s1. The summed E-state index contributed by atoms with van der Waals surface area (Å²) >= 11 is 0. The molecule has 0 amide bonds. The average molecular weight is 917 g/mol. The van der Waals surface area contributed by atoms with E-state index in [1.165, 1.54) is 0 Å². The maximum Gasteiger partial charge on any atom is 0.397 e. The maximum atomic E-state index is 11.8. The van der Waals surface area contributed by atoms with Gasteiger partial charge in [-0.1, -0.05) is 0 Å². The molecule has 0 spiro atoms. The van der Waals surface area contributed by atoms with Crippen molar-refractivity contribution in [2.24, 2.45) is 0 Å². The van der Waals surface area contributed by atoms with Crippen molar-refractivity contribution in [1.82, 2.24) is 0 Å². The van der Waals surface area contributed by atoms with Gasteiger partial charge in [0.05, 0.1) is 13.2 Å². The summed E-state index contributed by atoms with van der Waals surface area (Å²) in [5, 5.41) is 0. The van der Waals surface area contributed by atoms with E-state index in [1.807, 2.05) is 0 Å². The Hall–Kier alpha value is -1.07. The van der Waals surface area contributed by atoms with Crippen LogP contribution in [0, 0.1) is 0 Å². The highest BCUT2D eigenvalue weighted by Gasteiger charge is 2.58. The molecule has 2 saturated heterocycles. The molecule has 0 aliphatic carbocycles. The summed E-state index contributed by atoms with van der Waals surface area (Å²) in [6, 6.07) is 0. The second kappa shape index (κ2) is 17.0. The Labute approximate surface area is 292 Å². The van der Waals surface area contributed by atoms with Gasteiger partial charge in [0.1, 0.15) is 36.6 Å². The van der Waals surface area contributed by atoms with Crippen LogP contribution in [0.25, 0.3) is 0 Å². The zero-order chi connectivity index (χ0) is 40.5. The largest absolute Gasteiger partial charge is 0.397 e. The first kappa shape index (κ1) is 47.1. The van der Waals surface area contributed by atoms with Gasteiger partial charge in [-0.15, -0.1) is 0 Å². The van der Waals surface area contributed by atoms with Crippen LogP contribution in [0.1, 0.15) is 0 Å². The molecule has 0 saturated carbocycles. The second-order valence-corrected chi connectivity index (χ2v) is 16.7. The molecule has 7 N–H and O–H groups in total. The number of hydrogen-bond acceptors (Lipinski definition) is 25. The first-order valence-corrected chi connectivity index (χ1v) is 21.6. The van der Waals surface area contributed by atoms with E-state index in [4.69, 9.17) is 28.1 Å². The van der Waals surface area contributed by atoms with E-state index < -0.39 is 147 Å². The molecule has 0 aromatic heterocycles. The Kier molecular flexibility index (Phi) is 15.4. The molecule has 2 heterocycles. The third-order valence-corrected chi connectivity index (χ3v) is 8.83. The first-order chi connectivity index (χ1) is 23.1. The van der Waals surface area contributed by atoms with E-state index in [1.54, 1.807) is 0 Å². The first-order valence-electron chi connectivity index (χ1n) is 12.1. The Morgan fingerprint density at radius 3 is 1.02 bits per heavy atom. The summed E-state index contributed by atoms with van der Waals surface area (Å²) in [4.78, 5) is 0. The summed E-state index contributed by atoms with van der Waals surface area (Å²) in [5.41, 5.74) is 0. The van der Waals surface area contributed by atoms with E-state index in [2.05, 4.69) is 29.3 Å². The fourth-order valence-corrected chi connectivity index (χ4v) is 7.29. The highest BCUT2D eigenvalue weighted by Crippen LogP contribution is 2.37. The van der Waals surface area contributed by atoms with Crippen molar-refractivity contribution < 1.29 is 139 Å². The van der Waals surface area contributed by atoms with Gasteiger partial charge in [0.25, 0.3) is 0 Å². The lowest BCUT2D eigenvalue weighted by Crippen LogP contribution is -2.67. The van der Waals surface area contributed by atoms with E-state index in [0.29, 0.717) is 7.11 Å². The van der Waals surface area contributed by atoms with E-state index >= 15 is 0 Å². The smallest absolute Gasteiger partial charge is 0.353 e. The van der Waals surface area contributed by atoms with Crippen LogP contribution in [0.5, 0.6) is 0 Å². The molecular weight excluding hydrogens is 893 g/mol. The number of ether oxygens (including phenoxy) is 4. The van der Waals surface area contributed by atoms with Crippen molar-refractivity contribution in [2.75, 3.05) is 20.3 Å². The molecule has 0 unspecified atom stereocenters. The molecule has 2 fully saturated rings. The minimum atomic E-state index is -6.09. The molecule has 10 atom stereocenters. The molecule has 0 aromatic rings. The zero-order valence-electron chi connectivity index (χ0n) is 24.4.